The van der Waals surface area contributed by atoms with Gasteiger partial charge in [0.05, 0.1) is 23.9 Å². The minimum absolute atomic E-state index is 0.0567. The third-order valence-corrected chi connectivity index (χ3v) is 8.03. The van der Waals surface area contributed by atoms with Gasteiger partial charge in [-0.2, -0.15) is 5.10 Å². The number of aryl methyl sites for hydroxylation is 1. The number of nitrogens with zero attached hydrogens (tertiary/aromatic N) is 2. The van der Waals surface area contributed by atoms with E-state index in [1.807, 2.05) is 37.3 Å². The molecule has 4 rings (SSSR count). The summed E-state index contributed by atoms with van der Waals surface area (Å²) in [6.07, 6.45) is 1.42. The molecular weight excluding hydrogens is 568 g/mol. The Morgan fingerprint density at radius 1 is 0.837 bits per heavy atom. The molecule has 0 aromatic heterocycles. The lowest BCUT2D eigenvalue weighted by Gasteiger charge is -2.24. The van der Waals surface area contributed by atoms with Gasteiger partial charge >= 0.3 is 0 Å². The van der Waals surface area contributed by atoms with Gasteiger partial charge in [-0.25, -0.2) is 13.8 Å². The van der Waals surface area contributed by atoms with Gasteiger partial charge in [0.25, 0.3) is 21.8 Å². The summed E-state index contributed by atoms with van der Waals surface area (Å²) in [7, 11) is -2.55. The fourth-order valence-corrected chi connectivity index (χ4v) is 5.31. The maximum absolute atomic E-state index is 13.5. The van der Waals surface area contributed by atoms with Gasteiger partial charge in [-0.15, -0.1) is 0 Å². The number of ether oxygens (including phenoxy) is 2. The first kappa shape index (κ1) is 30.8. The molecule has 0 aliphatic heterocycles. The number of benzene rings is 4. The Bertz CT molecular complexity index is 1640. The topological polar surface area (TPSA) is 126 Å². The molecule has 0 radical (unpaired) electrons. The molecular formula is C32H32N4O6S. The summed E-state index contributed by atoms with van der Waals surface area (Å²) in [5, 5.41) is 6.76. The minimum atomic E-state index is -4.06. The van der Waals surface area contributed by atoms with Gasteiger partial charge in [-0.3, -0.25) is 13.9 Å². The molecule has 0 aliphatic rings. The van der Waals surface area contributed by atoms with Crippen LogP contribution in [0.1, 0.15) is 16.7 Å². The van der Waals surface area contributed by atoms with E-state index in [1.54, 1.807) is 60.7 Å². The average molecular weight is 601 g/mol. The van der Waals surface area contributed by atoms with Crippen LogP contribution in [-0.2, 0) is 26.2 Å². The van der Waals surface area contributed by atoms with Crippen LogP contribution in [0, 0.1) is 6.92 Å². The SMILES string of the molecule is COc1ccc(N(CC(=O)N/N=C\c2ccc(OCC(=O)NCc3ccccc3)cc2)S(=O)(=O)c2ccc(C)cc2)cc1. The van der Waals surface area contributed by atoms with Crippen LogP contribution in [0.2, 0.25) is 0 Å². The van der Waals surface area contributed by atoms with Crippen LogP contribution in [0.3, 0.4) is 0 Å². The number of nitrogens with one attached hydrogen (secondary N) is 2. The molecule has 0 spiro atoms. The fraction of sp³-hybridized carbons (Fsp3) is 0.156. The van der Waals surface area contributed by atoms with Crippen molar-refractivity contribution in [3.05, 3.63) is 120 Å². The summed E-state index contributed by atoms with van der Waals surface area (Å²) >= 11 is 0. The van der Waals surface area contributed by atoms with E-state index in [-0.39, 0.29) is 17.4 Å². The number of hydrogen-bond acceptors (Lipinski definition) is 7. The molecule has 11 heteroatoms. The first-order valence-corrected chi connectivity index (χ1v) is 14.8. The van der Waals surface area contributed by atoms with E-state index in [1.165, 1.54) is 25.5 Å². The highest BCUT2D eigenvalue weighted by Crippen LogP contribution is 2.26. The van der Waals surface area contributed by atoms with Gasteiger partial charge in [0.15, 0.2) is 6.61 Å². The fourth-order valence-electron chi connectivity index (χ4n) is 3.89. The highest BCUT2D eigenvalue weighted by atomic mass is 32.2. The van der Waals surface area contributed by atoms with Crippen LogP contribution in [0.4, 0.5) is 5.69 Å². The van der Waals surface area contributed by atoms with E-state index in [9.17, 15) is 18.0 Å². The zero-order valence-corrected chi connectivity index (χ0v) is 24.6. The average Bonchev–Trinajstić information content (AvgIpc) is 3.03. The van der Waals surface area contributed by atoms with Crippen LogP contribution in [0.25, 0.3) is 0 Å². The molecule has 0 saturated carbocycles. The van der Waals surface area contributed by atoms with E-state index >= 15 is 0 Å². The molecule has 0 aliphatic carbocycles. The van der Waals surface area contributed by atoms with E-state index in [0.717, 1.165) is 15.4 Å². The van der Waals surface area contributed by atoms with E-state index in [2.05, 4.69) is 15.8 Å². The Morgan fingerprint density at radius 3 is 2.14 bits per heavy atom. The van der Waals surface area contributed by atoms with E-state index in [4.69, 9.17) is 9.47 Å². The van der Waals surface area contributed by atoms with E-state index in [0.29, 0.717) is 29.3 Å². The Balaban J connectivity index is 1.33. The van der Waals surface area contributed by atoms with Crippen molar-refractivity contribution in [3.8, 4) is 11.5 Å². The van der Waals surface area contributed by atoms with Crippen LogP contribution in [0.15, 0.2) is 113 Å². The molecule has 0 bridgehead atoms. The lowest BCUT2D eigenvalue weighted by atomic mass is 10.2. The molecule has 4 aromatic rings. The molecule has 2 amide bonds. The second-order valence-electron chi connectivity index (χ2n) is 9.44. The quantitative estimate of drug-likeness (QED) is 0.176. The van der Waals surface area contributed by atoms with E-state index < -0.39 is 22.5 Å². The maximum Gasteiger partial charge on any atom is 0.264 e. The van der Waals surface area contributed by atoms with Crippen molar-refractivity contribution in [3.63, 3.8) is 0 Å². The number of anilines is 1. The second-order valence-corrected chi connectivity index (χ2v) is 11.3. The lowest BCUT2D eigenvalue weighted by molar-refractivity contribution is -0.123. The predicted molar refractivity (Wildman–Crippen MR) is 165 cm³/mol. The van der Waals surface area contributed by atoms with Crippen molar-refractivity contribution >= 4 is 33.7 Å². The number of hydrogen-bond donors (Lipinski definition) is 2. The third kappa shape index (κ3) is 8.91. The predicted octanol–water partition coefficient (Wildman–Crippen LogP) is 4.04. The summed E-state index contributed by atoms with van der Waals surface area (Å²) in [4.78, 5) is 24.9. The normalized spacial score (nSPS) is 11.1. The van der Waals surface area contributed by atoms with Gasteiger partial charge in [-0.1, -0.05) is 48.0 Å². The molecule has 0 atom stereocenters. The molecule has 10 nitrogen and oxygen atoms in total. The summed E-state index contributed by atoms with van der Waals surface area (Å²) in [6.45, 7) is 1.64. The Kier molecular flexibility index (Phi) is 10.5. The maximum atomic E-state index is 13.5. The van der Waals surface area contributed by atoms with Crippen LogP contribution < -0.4 is 24.5 Å². The molecule has 222 valence electrons. The number of amides is 2. The van der Waals surface area contributed by atoms with Gasteiger partial charge in [0.2, 0.25) is 0 Å². The molecule has 2 N–H and O–H groups in total. The minimum Gasteiger partial charge on any atom is -0.497 e. The monoisotopic (exact) mass is 600 g/mol. The Labute approximate surface area is 251 Å². The molecule has 0 saturated heterocycles. The van der Waals surface area contributed by atoms with Crippen molar-refractivity contribution in [2.24, 2.45) is 5.10 Å². The zero-order chi connectivity index (χ0) is 30.7. The summed E-state index contributed by atoms with van der Waals surface area (Å²) in [5.74, 6) is 0.162. The largest absolute Gasteiger partial charge is 0.497 e. The molecule has 0 heterocycles. The third-order valence-electron chi connectivity index (χ3n) is 6.24. The number of hydrazone groups is 1. The van der Waals surface area contributed by atoms with Crippen molar-refractivity contribution in [2.75, 3.05) is 24.6 Å². The first-order chi connectivity index (χ1) is 20.7. The second kappa shape index (κ2) is 14.6. The van der Waals surface area contributed by atoms with Gasteiger partial charge in [0, 0.05) is 6.54 Å². The Morgan fingerprint density at radius 2 is 1.49 bits per heavy atom. The van der Waals surface area contributed by atoms with Crippen molar-refractivity contribution < 1.29 is 27.5 Å². The Hall–Kier alpha value is -5.16. The van der Waals surface area contributed by atoms with Crippen molar-refractivity contribution in [1.82, 2.24) is 10.7 Å². The number of rotatable bonds is 13. The van der Waals surface area contributed by atoms with Gasteiger partial charge in [-0.05, 0) is 78.7 Å². The molecule has 4 aromatic carbocycles. The number of methoxy groups -OCH3 is 1. The van der Waals surface area contributed by atoms with Crippen LogP contribution in [0.5, 0.6) is 11.5 Å². The lowest BCUT2D eigenvalue weighted by Crippen LogP contribution is -2.39. The van der Waals surface area contributed by atoms with Gasteiger partial charge in [0.1, 0.15) is 18.0 Å². The highest BCUT2D eigenvalue weighted by molar-refractivity contribution is 7.92. The highest BCUT2D eigenvalue weighted by Gasteiger charge is 2.27. The first-order valence-electron chi connectivity index (χ1n) is 13.3. The summed E-state index contributed by atoms with van der Waals surface area (Å²) < 4.78 is 38.7. The number of sulfonamides is 1. The molecule has 0 fully saturated rings. The smallest absolute Gasteiger partial charge is 0.264 e. The van der Waals surface area contributed by atoms with Gasteiger partial charge < -0.3 is 14.8 Å². The molecule has 43 heavy (non-hydrogen) atoms. The molecule has 0 unspecified atom stereocenters. The van der Waals surface area contributed by atoms with Crippen molar-refractivity contribution in [2.45, 2.75) is 18.4 Å². The zero-order valence-electron chi connectivity index (χ0n) is 23.8. The number of carbonyl (C=O) groups excluding carboxylic acids is 2. The van der Waals surface area contributed by atoms with Crippen LogP contribution in [-0.4, -0.2) is 46.7 Å². The summed E-state index contributed by atoms with van der Waals surface area (Å²) in [5.41, 5.74) is 5.24. The van der Waals surface area contributed by atoms with Crippen molar-refractivity contribution in [1.29, 1.82) is 0 Å². The number of carbonyl (C=O) groups is 2. The van der Waals surface area contributed by atoms with Crippen LogP contribution >= 0.6 is 0 Å². The summed E-state index contributed by atoms with van der Waals surface area (Å²) in [6, 6.07) is 29.1. The standard InChI is InChI=1S/C32H32N4O6S/c1-24-8-18-30(19-9-24)43(39,40)36(27-12-16-28(41-2)17-13-27)22-31(37)35-34-21-26-10-14-29(15-11-26)42-23-32(38)33-20-25-6-4-3-5-7-25/h3-19,21H,20,22-23H2,1-2H3,(H,33,38)(H,35,37)/b34-21-.